The van der Waals surface area contributed by atoms with Crippen molar-refractivity contribution in [3.8, 4) is 11.5 Å². The summed E-state index contributed by atoms with van der Waals surface area (Å²) in [5.74, 6) is 0.534. The quantitative estimate of drug-likeness (QED) is 0.370. The highest BCUT2D eigenvalue weighted by Crippen LogP contribution is 2.34. The van der Waals surface area contributed by atoms with Gasteiger partial charge in [-0.2, -0.15) is 5.10 Å². The summed E-state index contributed by atoms with van der Waals surface area (Å²) in [5, 5.41) is 10.5. The molecule has 1 aromatic heterocycles. The highest BCUT2D eigenvalue weighted by atomic mass is 32.2. The Kier molecular flexibility index (Phi) is 8.04. The third-order valence-electron chi connectivity index (χ3n) is 5.32. The van der Waals surface area contributed by atoms with Gasteiger partial charge in [0.1, 0.15) is 0 Å². The predicted molar refractivity (Wildman–Crippen MR) is 137 cm³/mol. The Bertz CT molecular complexity index is 1220. The zero-order chi connectivity index (χ0) is 24.8. The summed E-state index contributed by atoms with van der Waals surface area (Å²) in [6, 6.07) is 16.1. The van der Waals surface area contributed by atoms with Crippen molar-refractivity contribution in [3.63, 3.8) is 0 Å². The molecule has 0 spiro atoms. The number of amides is 2. The minimum absolute atomic E-state index is 0.139. The van der Waals surface area contributed by atoms with Crippen molar-refractivity contribution >= 4 is 45.6 Å². The van der Waals surface area contributed by atoms with E-state index in [-0.39, 0.29) is 28.7 Å². The number of hydrazone groups is 1. The fraction of sp³-hybridized carbons (Fsp3) is 0.240. The molecule has 0 saturated heterocycles. The van der Waals surface area contributed by atoms with Gasteiger partial charge in [0.2, 0.25) is 6.86 Å². The normalized spacial score (nSPS) is 15.5. The SMILES string of the molecule is CCC1SC(=O)N(Cc2ccc(NC(=O)c3cccs3)cc2)N=C1c1ccc(OC)c(OCF)c1. The second kappa shape index (κ2) is 11.4. The molecule has 7 nitrogen and oxygen atoms in total. The summed E-state index contributed by atoms with van der Waals surface area (Å²) >= 11 is 2.59. The molecule has 0 radical (unpaired) electrons. The molecule has 1 aliphatic rings. The number of alkyl halides is 1. The first-order valence-electron chi connectivity index (χ1n) is 10.9. The number of methoxy groups -OCH3 is 1. The Morgan fingerprint density at radius 3 is 2.63 bits per heavy atom. The number of thiophene rings is 1. The molecule has 1 atom stereocenters. The highest BCUT2D eigenvalue weighted by molar-refractivity contribution is 8.14. The van der Waals surface area contributed by atoms with Crippen molar-refractivity contribution in [3.05, 3.63) is 76.0 Å². The van der Waals surface area contributed by atoms with Gasteiger partial charge in [-0.1, -0.05) is 36.9 Å². The Hall–Kier alpha value is -3.37. The Balaban J connectivity index is 1.53. The van der Waals surface area contributed by atoms with Gasteiger partial charge in [-0.15, -0.1) is 11.3 Å². The molecule has 1 N–H and O–H groups in total. The van der Waals surface area contributed by atoms with Crippen LogP contribution < -0.4 is 14.8 Å². The zero-order valence-corrected chi connectivity index (χ0v) is 20.8. The lowest BCUT2D eigenvalue weighted by atomic mass is 10.0. The van der Waals surface area contributed by atoms with Crippen molar-refractivity contribution in [2.45, 2.75) is 25.1 Å². The van der Waals surface area contributed by atoms with E-state index in [0.29, 0.717) is 28.4 Å². The predicted octanol–water partition coefficient (Wildman–Crippen LogP) is 6.17. The van der Waals surface area contributed by atoms with E-state index in [4.69, 9.17) is 9.47 Å². The molecular formula is C25H24FN3O4S2. The molecule has 3 aromatic rings. The van der Waals surface area contributed by atoms with Gasteiger partial charge in [0.25, 0.3) is 5.91 Å². The molecular weight excluding hydrogens is 489 g/mol. The van der Waals surface area contributed by atoms with E-state index in [9.17, 15) is 14.0 Å². The van der Waals surface area contributed by atoms with Crippen LogP contribution in [0.1, 0.15) is 34.1 Å². The molecule has 4 rings (SSSR count). The standard InChI is InChI=1S/C25H24FN3O4S2/c1-3-21-23(17-8-11-19(32-2)20(13-17)33-15-26)28-29(25(31)35-21)14-16-6-9-18(10-7-16)27-24(30)22-5-4-12-34-22/h4-13,21H,3,14-15H2,1-2H3,(H,27,30). The van der Waals surface area contributed by atoms with Crippen LogP contribution in [-0.2, 0) is 6.54 Å². The number of hydrogen-bond donors (Lipinski definition) is 1. The van der Waals surface area contributed by atoms with E-state index >= 15 is 0 Å². The van der Waals surface area contributed by atoms with Gasteiger partial charge < -0.3 is 14.8 Å². The maximum Gasteiger partial charge on any atom is 0.302 e. The maximum atomic E-state index is 12.8. The van der Waals surface area contributed by atoms with Crippen LogP contribution in [-0.4, -0.2) is 41.1 Å². The number of carbonyl (C=O) groups is 2. The molecule has 1 aliphatic heterocycles. The van der Waals surface area contributed by atoms with E-state index < -0.39 is 6.86 Å². The number of halogens is 1. The molecule has 2 heterocycles. The maximum absolute atomic E-state index is 12.8. The molecule has 10 heteroatoms. The van der Waals surface area contributed by atoms with Gasteiger partial charge in [-0.05, 0) is 53.8 Å². The van der Waals surface area contributed by atoms with Crippen LogP contribution in [0.5, 0.6) is 11.5 Å². The number of hydrogen-bond acceptors (Lipinski definition) is 7. The molecule has 0 fully saturated rings. The summed E-state index contributed by atoms with van der Waals surface area (Å²) < 4.78 is 23.2. The van der Waals surface area contributed by atoms with E-state index in [1.54, 1.807) is 30.3 Å². The molecule has 182 valence electrons. The summed E-state index contributed by atoms with van der Waals surface area (Å²) in [6.45, 7) is 1.28. The smallest absolute Gasteiger partial charge is 0.302 e. The van der Waals surface area contributed by atoms with Crippen molar-refractivity contribution in [2.24, 2.45) is 5.10 Å². The van der Waals surface area contributed by atoms with Crippen LogP contribution in [0.3, 0.4) is 0 Å². The summed E-state index contributed by atoms with van der Waals surface area (Å²) in [5.41, 5.74) is 2.98. The van der Waals surface area contributed by atoms with Gasteiger partial charge in [-0.25, -0.2) is 9.40 Å². The first-order valence-corrected chi connectivity index (χ1v) is 12.7. The first kappa shape index (κ1) is 24.7. The Morgan fingerprint density at radius 1 is 1.17 bits per heavy atom. The third kappa shape index (κ3) is 5.83. The van der Waals surface area contributed by atoms with Gasteiger partial charge in [0.15, 0.2) is 11.5 Å². The average Bonchev–Trinajstić information content (AvgIpc) is 3.42. The van der Waals surface area contributed by atoms with Crippen LogP contribution in [0.15, 0.2) is 65.1 Å². The van der Waals surface area contributed by atoms with Crippen LogP contribution in [0.4, 0.5) is 14.9 Å². The minimum atomic E-state index is -0.980. The number of thioether (sulfide) groups is 1. The van der Waals surface area contributed by atoms with Crippen molar-refractivity contribution < 1.29 is 23.5 Å². The summed E-state index contributed by atoms with van der Waals surface area (Å²) in [6.07, 6.45) is 0.701. The lowest BCUT2D eigenvalue weighted by Gasteiger charge is -2.28. The van der Waals surface area contributed by atoms with E-state index in [0.717, 1.165) is 11.1 Å². The van der Waals surface area contributed by atoms with Crippen LogP contribution >= 0.6 is 23.1 Å². The van der Waals surface area contributed by atoms with Crippen LogP contribution in [0.2, 0.25) is 0 Å². The van der Waals surface area contributed by atoms with Gasteiger partial charge in [0.05, 0.1) is 29.5 Å². The van der Waals surface area contributed by atoms with Crippen molar-refractivity contribution in [1.29, 1.82) is 0 Å². The summed E-state index contributed by atoms with van der Waals surface area (Å²) in [4.78, 5) is 25.7. The number of anilines is 1. The lowest BCUT2D eigenvalue weighted by molar-refractivity contribution is 0.103. The number of ether oxygens (including phenoxy) is 2. The largest absolute Gasteiger partial charge is 0.493 e. The molecule has 0 saturated carbocycles. The first-order chi connectivity index (χ1) is 17.0. The topological polar surface area (TPSA) is 80.2 Å². The van der Waals surface area contributed by atoms with E-state index in [1.165, 1.54) is 35.2 Å². The second-order valence-corrected chi connectivity index (χ2v) is 9.67. The number of carbonyl (C=O) groups excluding carboxylic acids is 2. The van der Waals surface area contributed by atoms with Gasteiger partial charge >= 0.3 is 5.24 Å². The van der Waals surface area contributed by atoms with E-state index in [2.05, 4.69) is 10.4 Å². The minimum Gasteiger partial charge on any atom is -0.493 e. The third-order valence-corrected chi connectivity index (χ3v) is 7.44. The fourth-order valence-corrected chi connectivity index (χ4v) is 5.12. The summed E-state index contributed by atoms with van der Waals surface area (Å²) in [7, 11) is 1.49. The second-order valence-electron chi connectivity index (χ2n) is 7.57. The lowest BCUT2D eigenvalue weighted by Crippen LogP contribution is -2.34. The molecule has 0 bridgehead atoms. The molecule has 2 aromatic carbocycles. The van der Waals surface area contributed by atoms with Gasteiger partial charge in [0, 0.05) is 11.3 Å². The number of rotatable bonds is 9. The van der Waals surface area contributed by atoms with Crippen LogP contribution in [0.25, 0.3) is 0 Å². The monoisotopic (exact) mass is 513 g/mol. The molecule has 35 heavy (non-hydrogen) atoms. The Morgan fingerprint density at radius 2 is 1.97 bits per heavy atom. The van der Waals surface area contributed by atoms with Crippen molar-refractivity contribution in [1.82, 2.24) is 5.01 Å². The zero-order valence-electron chi connectivity index (χ0n) is 19.2. The van der Waals surface area contributed by atoms with Gasteiger partial charge in [-0.3, -0.25) is 9.59 Å². The highest BCUT2D eigenvalue weighted by Gasteiger charge is 2.30. The molecule has 0 aliphatic carbocycles. The fourth-order valence-electron chi connectivity index (χ4n) is 3.57. The Labute approximate surface area is 210 Å². The number of benzene rings is 2. The number of nitrogens with one attached hydrogen (secondary N) is 1. The van der Waals surface area contributed by atoms with Crippen molar-refractivity contribution in [2.75, 3.05) is 19.3 Å². The number of nitrogens with zero attached hydrogens (tertiary/aromatic N) is 2. The average molecular weight is 514 g/mol. The van der Waals surface area contributed by atoms with Crippen LogP contribution in [0, 0.1) is 0 Å². The molecule has 2 amide bonds. The molecule has 1 unspecified atom stereocenters. The van der Waals surface area contributed by atoms with E-state index in [1.807, 2.05) is 36.6 Å².